The van der Waals surface area contributed by atoms with Crippen LogP contribution in [0.25, 0.3) is 11.0 Å². The Morgan fingerprint density at radius 3 is 2.63 bits per heavy atom. The summed E-state index contributed by atoms with van der Waals surface area (Å²) in [4.78, 5) is 14.2. The van der Waals surface area contributed by atoms with E-state index in [-0.39, 0.29) is 6.61 Å². The number of halogens is 1. The SMILES string of the molecule is CCCN(CCCl)c1ccc(NC(=O)OCc2cc3ccccc3o2)cc1. The van der Waals surface area contributed by atoms with Crippen molar-refractivity contribution >= 4 is 40.0 Å². The largest absolute Gasteiger partial charge is 0.457 e. The van der Waals surface area contributed by atoms with Crippen LogP contribution < -0.4 is 10.2 Å². The fraction of sp³-hybridized carbons (Fsp3) is 0.286. The second-order valence-electron chi connectivity index (χ2n) is 6.17. The molecule has 0 radical (unpaired) electrons. The number of furan rings is 1. The van der Waals surface area contributed by atoms with E-state index in [1.165, 1.54) is 0 Å². The third kappa shape index (κ3) is 5.17. The Hall–Kier alpha value is -2.66. The maximum absolute atomic E-state index is 12.0. The Bertz CT molecular complexity index is 838. The fourth-order valence-electron chi connectivity index (χ4n) is 2.90. The zero-order valence-corrected chi connectivity index (χ0v) is 16.0. The average molecular weight is 387 g/mol. The molecule has 1 aromatic heterocycles. The number of anilines is 2. The summed E-state index contributed by atoms with van der Waals surface area (Å²) in [6.45, 7) is 3.95. The molecule has 6 heteroatoms. The smallest absolute Gasteiger partial charge is 0.412 e. The predicted octanol–water partition coefficient (Wildman–Crippen LogP) is 5.64. The molecule has 2 aromatic carbocycles. The minimum Gasteiger partial charge on any atom is -0.457 e. The zero-order valence-electron chi connectivity index (χ0n) is 15.3. The molecule has 0 saturated carbocycles. The molecule has 0 spiro atoms. The third-order valence-corrected chi connectivity index (χ3v) is 4.32. The molecule has 1 amide bonds. The van der Waals surface area contributed by atoms with E-state index in [0.717, 1.165) is 36.2 Å². The molecular weight excluding hydrogens is 364 g/mol. The van der Waals surface area contributed by atoms with E-state index in [1.54, 1.807) is 0 Å². The van der Waals surface area contributed by atoms with Crippen molar-refractivity contribution in [1.82, 2.24) is 0 Å². The van der Waals surface area contributed by atoms with Crippen molar-refractivity contribution in [3.8, 4) is 0 Å². The number of amides is 1. The van der Waals surface area contributed by atoms with E-state index in [2.05, 4.69) is 17.1 Å². The quantitative estimate of drug-likeness (QED) is 0.509. The lowest BCUT2D eigenvalue weighted by molar-refractivity contribution is 0.147. The lowest BCUT2D eigenvalue weighted by Gasteiger charge is -2.23. The summed E-state index contributed by atoms with van der Waals surface area (Å²) < 4.78 is 10.9. The van der Waals surface area contributed by atoms with Gasteiger partial charge in [0.25, 0.3) is 0 Å². The van der Waals surface area contributed by atoms with E-state index in [4.69, 9.17) is 20.8 Å². The van der Waals surface area contributed by atoms with Crippen molar-refractivity contribution in [2.45, 2.75) is 20.0 Å². The van der Waals surface area contributed by atoms with Crippen LogP contribution in [0, 0.1) is 0 Å². The summed E-state index contributed by atoms with van der Waals surface area (Å²) in [5, 5.41) is 3.72. The maximum Gasteiger partial charge on any atom is 0.412 e. The van der Waals surface area contributed by atoms with Gasteiger partial charge >= 0.3 is 6.09 Å². The van der Waals surface area contributed by atoms with Gasteiger partial charge in [0.1, 0.15) is 11.3 Å². The lowest BCUT2D eigenvalue weighted by Crippen LogP contribution is -2.26. The van der Waals surface area contributed by atoms with Gasteiger partial charge < -0.3 is 14.1 Å². The van der Waals surface area contributed by atoms with Crippen LogP contribution in [0.4, 0.5) is 16.2 Å². The van der Waals surface area contributed by atoms with Crippen molar-refractivity contribution in [2.75, 3.05) is 29.2 Å². The molecule has 0 aliphatic heterocycles. The first kappa shape index (κ1) is 19.1. The average Bonchev–Trinajstić information content (AvgIpc) is 3.10. The van der Waals surface area contributed by atoms with Crippen molar-refractivity contribution in [3.63, 3.8) is 0 Å². The number of hydrogen-bond acceptors (Lipinski definition) is 4. The summed E-state index contributed by atoms with van der Waals surface area (Å²) in [6.07, 6.45) is 0.528. The molecule has 0 fully saturated rings. The van der Waals surface area contributed by atoms with E-state index < -0.39 is 6.09 Å². The molecule has 1 N–H and O–H groups in total. The molecule has 0 unspecified atom stereocenters. The number of nitrogens with zero attached hydrogens (tertiary/aromatic N) is 1. The van der Waals surface area contributed by atoms with Crippen LogP contribution in [0.3, 0.4) is 0 Å². The number of ether oxygens (including phenoxy) is 1. The minimum absolute atomic E-state index is 0.0819. The normalized spacial score (nSPS) is 10.7. The summed E-state index contributed by atoms with van der Waals surface area (Å²) in [7, 11) is 0. The molecule has 3 rings (SSSR count). The first-order valence-electron chi connectivity index (χ1n) is 9.02. The first-order valence-corrected chi connectivity index (χ1v) is 9.55. The van der Waals surface area contributed by atoms with Crippen LogP contribution in [0.5, 0.6) is 0 Å². The van der Waals surface area contributed by atoms with E-state index in [9.17, 15) is 4.79 Å². The van der Waals surface area contributed by atoms with E-state index >= 15 is 0 Å². The number of carbonyl (C=O) groups excluding carboxylic acids is 1. The highest BCUT2D eigenvalue weighted by Gasteiger charge is 2.09. The molecule has 0 aliphatic rings. The highest BCUT2D eigenvalue weighted by atomic mass is 35.5. The topological polar surface area (TPSA) is 54.7 Å². The predicted molar refractivity (Wildman–Crippen MR) is 110 cm³/mol. The van der Waals surface area contributed by atoms with Crippen LogP contribution in [-0.2, 0) is 11.3 Å². The summed E-state index contributed by atoms with van der Waals surface area (Å²) in [5.74, 6) is 1.19. The van der Waals surface area contributed by atoms with Crippen molar-refractivity contribution in [2.24, 2.45) is 0 Å². The van der Waals surface area contributed by atoms with Crippen LogP contribution in [0.1, 0.15) is 19.1 Å². The molecule has 1 heterocycles. The number of carbonyl (C=O) groups is 1. The van der Waals surface area contributed by atoms with Gasteiger partial charge in [-0.05, 0) is 42.8 Å². The Kier molecular flexibility index (Phi) is 6.60. The van der Waals surface area contributed by atoms with Gasteiger partial charge in [-0.1, -0.05) is 25.1 Å². The number of nitrogens with one attached hydrogen (secondary N) is 1. The number of alkyl halides is 1. The van der Waals surface area contributed by atoms with Crippen LogP contribution in [-0.4, -0.2) is 25.1 Å². The number of fused-ring (bicyclic) bond motifs is 1. The maximum atomic E-state index is 12.0. The molecule has 3 aromatic rings. The van der Waals surface area contributed by atoms with Gasteiger partial charge in [-0.2, -0.15) is 0 Å². The molecule has 5 nitrogen and oxygen atoms in total. The number of rotatable bonds is 8. The Labute approximate surface area is 163 Å². The highest BCUT2D eigenvalue weighted by molar-refractivity contribution is 6.18. The molecular formula is C21H23ClN2O3. The van der Waals surface area contributed by atoms with Gasteiger partial charge in [0.2, 0.25) is 0 Å². The van der Waals surface area contributed by atoms with Crippen LogP contribution in [0.15, 0.2) is 59.0 Å². The van der Waals surface area contributed by atoms with Gasteiger partial charge in [0.15, 0.2) is 6.61 Å². The number of hydrogen-bond donors (Lipinski definition) is 1. The van der Waals surface area contributed by atoms with E-state index in [0.29, 0.717) is 17.3 Å². The van der Waals surface area contributed by atoms with Crippen LogP contribution in [0.2, 0.25) is 0 Å². The Morgan fingerprint density at radius 2 is 1.93 bits per heavy atom. The van der Waals surface area contributed by atoms with E-state index in [1.807, 2.05) is 54.6 Å². The molecule has 0 bridgehead atoms. The number of benzene rings is 2. The van der Waals surface area contributed by atoms with Gasteiger partial charge in [-0.25, -0.2) is 4.79 Å². The second kappa shape index (κ2) is 9.33. The summed E-state index contributed by atoms with van der Waals surface area (Å²) >= 11 is 5.87. The fourth-order valence-corrected chi connectivity index (χ4v) is 3.10. The summed E-state index contributed by atoms with van der Waals surface area (Å²) in [5.41, 5.74) is 2.54. The standard InChI is InChI=1S/C21H23ClN2O3/c1-2-12-24(13-11-22)18-9-7-17(8-10-18)23-21(25)26-15-19-14-16-5-3-4-6-20(16)27-19/h3-10,14H,2,11-13,15H2,1H3,(H,23,25). The minimum atomic E-state index is -0.519. The molecule has 0 atom stereocenters. The van der Waals surface area contributed by atoms with Gasteiger partial charge in [-0.3, -0.25) is 5.32 Å². The van der Waals surface area contributed by atoms with Gasteiger partial charge in [0.05, 0.1) is 0 Å². The highest BCUT2D eigenvalue weighted by Crippen LogP contribution is 2.20. The number of para-hydroxylation sites is 1. The summed E-state index contributed by atoms with van der Waals surface area (Å²) in [6, 6.07) is 17.2. The zero-order chi connectivity index (χ0) is 19.1. The lowest BCUT2D eigenvalue weighted by atomic mass is 10.2. The molecule has 0 saturated heterocycles. The van der Waals surface area contributed by atoms with Crippen molar-refractivity contribution < 1.29 is 13.9 Å². The Morgan fingerprint density at radius 1 is 1.15 bits per heavy atom. The van der Waals surface area contributed by atoms with Crippen molar-refractivity contribution in [1.29, 1.82) is 0 Å². The first-order chi connectivity index (χ1) is 13.2. The molecule has 27 heavy (non-hydrogen) atoms. The molecule has 142 valence electrons. The van der Waals surface area contributed by atoms with Gasteiger partial charge in [0, 0.05) is 35.7 Å². The second-order valence-corrected chi connectivity index (χ2v) is 6.55. The molecule has 0 aliphatic carbocycles. The van der Waals surface area contributed by atoms with Crippen LogP contribution >= 0.6 is 11.6 Å². The Balaban J connectivity index is 1.54. The monoisotopic (exact) mass is 386 g/mol. The third-order valence-electron chi connectivity index (χ3n) is 4.15. The van der Waals surface area contributed by atoms with Gasteiger partial charge in [-0.15, -0.1) is 11.6 Å². The van der Waals surface area contributed by atoms with Crippen molar-refractivity contribution in [3.05, 3.63) is 60.4 Å².